The zero-order valence-electron chi connectivity index (χ0n) is 9.64. The maximum atomic E-state index is 11.7. The van der Waals surface area contributed by atoms with Crippen LogP contribution >= 0.6 is 0 Å². The smallest absolute Gasteiger partial charge is 0.366 e. The van der Waals surface area contributed by atoms with E-state index in [-0.39, 0.29) is 10.9 Å². The van der Waals surface area contributed by atoms with Crippen molar-refractivity contribution < 1.29 is 14.4 Å². The fraction of sp³-hybridized carbons (Fsp3) is 0.333. The minimum atomic E-state index is -1.12. The van der Waals surface area contributed by atoms with Crippen molar-refractivity contribution in [1.29, 1.82) is 0 Å². The number of nitrogens with zero attached hydrogens (tertiary/aromatic N) is 1. The second-order valence-corrected chi connectivity index (χ2v) is 4.34. The van der Waals surface area contributed by atoms with Crippen LogP contribution in [0.25, 0.3) is 10.9 Å². The van der Waals surface area contributed by atoms with Crippen LogP contribution in [0.4, 0.5) is 0 Å². The Balaban J connectivity index is 2.72. The SMILES string of the molecule is CC(C)Cn1oc(=O)c2c(C(=O)O)cccc21. The van der Waals surface area contributed by atoms with Crippen LogP contribution in [-0.2, 0) is 6.54 Å². The Morgan fingerprint density at radius 1 is 1.47 bits per heavy atom. The first-order valence-electron chi connectivity index (χ1n) is 5.37. The van der Waals surface area contributed by atoms with Gasteiger partial charge < -0.3 is 9.63 Å². The van der Waals surface area contributed by atoms with E-state index in [1.807, 2.05) is 13.8 Å². The molecule has 17 heavy (non-hydrogen) atoms. The third kappa shape index (κ3) is 1.95. The second kappa shape index (κ2) is 4.08. The lowest BCUT2D eigenvalue weighted by molar-refractivity contribution is 0.0699. The molecule has 1 aromatic heterocycles. The molecule has 0 spiro atoms. The van der Waals surface area contributed by atoms with Crippen LogP contribution in [0.3, 0.4) is 0 Å². The number of benzene rings is 1. The van der Waals surface area contributed by atoms with Crippen molar-refractivity contribution in [2.75, 3.05) is 0 Å². The summed E-state index contributed by atoms with van der Waals surface area (Å²) in [4.78, 5) is 22.7. The number of aromatic nitrogens is 1. The molecule has 1 aromatic carbocycles. The highest BCUT2D eigenvalue weighted by atomic mass is 16.5. The number of carbonyl (C=O) groups is 1. The van der Waals surface area contributed by atoms with Crippen molar-refractivity contribution in [3.8, 4) is 0 Å². The van der Waals surface area contributed by atoms with Gasteiger partial charge in [-0.25, -0.2) is 14.3 Å². The minimum Gasteiger partial charge on any atom is -0.478 e. The van der Waals surface area contributed by atoms with E-state index < -0.39 is 11.6 Å². The molecule has 0 unspecified atom stereocenters. The van der Waals surface area contributed by atoms with Crippen molar-refractivity contribution in [2.24, 2.45) is 5.92 Å². The maximum Gasteiger partial charge on any atom is 0.366 e. The normalized spacial score (nSPS) is 11.2. The zero-order chi connectivity index (χ0) is 12.6. The van der Waals surface area contributed by atoms with Crippen LogP contribution in [0.5, 0.6) is 0 Å². The van der Waals surface area contributed by atoms with Gasteiger partial charge in [-0.1, -0.05) is 19.9 Å². The highest BCUT2D eigenvalue weighted by Crippen LogP contribution is 2.17. The summed E-state index contributed by atoms with van der Waals surface area (Å²) in [7, 11) is 0. The van der Waals surface area contributed by atoms with E-state index in [2.05, 4.69) is 0 Å². The average Bonchev–Trinajstić information content (AvgIpc) is 2.55. The van der Waals surface area contributed by atoms with Gasteiger partial charge in [0.15, 0.2) is 0 Å². The molecule has 2 rings (SSSR count). The Labute approximate surface area is 97.2 Å². The van der Waals surface area contributed by atoms with Gasteiger partial charge in [0.2, 0.25) is 0 Å². The monoisotopic (exact) mass is 235 g/mol. The quantitative estimate of drug-likeness (QED) is 0.882. The average molecular weight is 235 g/mol. The van der Waals surface area contributed by atoms with Crippen LogP contribution in [0.1, 0.15) is 24.2 Å². The largest absolute Gasteiger partial charge is 0.478 e. The molecule has 0 aliphatic rings. The summed E-state index contributed by atoms with van der Waals surface area (Å²) in [5, 5.41) is 9.15. The first-order chi connectivity index (χ1) is 8.00. The molecule has 5 heteroatoms. The highest BCUT2D eigenvalue weighted by Gasteiger charge is 2.17. The predicted octanol–water partition coefficient (Wildman–Crippen LogP) is 1.95. The summed E-state index contributed by atoms with van der Waals surface area (Å²) in [6.07, 6.45) is 0. The van der Waals surface area contributed by atoms with Gasteiger partial charge in [-0.3, -0.25) is 0 Å². The van der Waals surface area contributed by atoms with Gasteiger partial charge >= 0.3 is 11.6 Å². The number of aromatic carboxylic acids is 1. The Bertz CT molecular complexity index is 621. The van der Waals surface area contributed by atoms with Crippen molar-refractivity contribution in [3.63, 3.8) is 0 Å². The van der Waals surface area contributed by atoms with Crippen LogP contribution < -0.4 is 5.63 Å². The molecule has 0 saturated carbocycles. The number of rotatable bonds is 3. The Morgan fingerprint density at radius 3 is 2.76 bits per heavy atom. The molecule has 0 saturated heterocycles. The number of hydrogen-bond donors (Lipinski definition) is 1. The Morgan fingerprint density at radius 2 is 2.18 bits per heavy atom. The molecule has 0 aliphatic heterocycles. The molecule has 5 nitrogen and oxygen atoms in total. The lowest BCUT2D eigenvalue weighted by Gasteiger charge is -2.05. The van der Waals surface area contributed by atoms with Gasteiger partial charge in [-0.05, 0) is 18.1 Å². The van der Waals surface area contributed by atoms with Crippen LogP contribution in [0.15, 0.2) is 27.5 Å². The van der Waals surface area contributed by atoms with Crippen LogP contribution in [-0.4, -0.2) is 15.8 Å². The Hall–Kier alpha value is -2.04. The summed E-state index contributed by atoms with van der Waals surface area (Å²) in [6.45, 7) is 4.53. The van der Waals surface area contributed by atoms with Gasteiger partial charge in [0, 0.05) is 0 Å². The van der Waals surface area contributed by atoms with E-state index in [0.717, 1.165) is 0 Å². The number of hydrogen-bond acceptors (Lipinski definition) is 3. The molecular weight excluding hydrogens is 222 g/mol. The van der Waals surface area contributed by atoms with Crippen molar-refractivity contribution in [2.45, 2.75) is 20.4 Å². The van der Waals surface area contributed by atoms with Gasteiger partial charge in [0.1, 0.15) is 5.39 Å². The third-order valence-corrected chi connectivity index (χ3v) is 2.47. The van der Waals surface area contributed by atoms with Gasteiger partial charge in [0.05, 0.1) is 17.6 Å². The molecule has 90 valence electrons. The van der Waals surface area contributed by atoms with E-state index in [0.29, 0.717) is 18.0 Å². The summed E-state index contributed by atoms with van der Waals surface area (Å²) in [5.41, 5.74) is -0.0824. The fourth-order valence-electron chi connectivity index (χ4n) is 1.80. The molecular formula is C12H13NO4. The van der Waals surface area contributed by atoms with Gasteiger partial charge in [-0.15, -0.1) is 0 Å². The summed E-state index contributed by atoms with van der Waals surface area (Å²) < 4.78 is 6.52. The summed E-state index contributed by atoms with van der Waals surface area (Å²) in [6, 6.07) is 4.70. The number of fused-ring (bicyclic) bond motifs is 1. The molecule has 0 amide bonds. The van der Waals surface area contributed by atoms with Crippen LogP contribution in [0.2, 0.25) is 0 Å². The van der Waals surface area contributed by atoms with E-state index in [1.165, 1.54) is 10.8 Å². The molecule has 0 fully saturated rings. The zero-order valence-corrected chi connectivity index (χ0v) is 9.64. The molecule has 1 heterocycles. The predicted molar refractivity (Wildman–Crippen MR) is 62.3 cm³/mol. The molecule has 0 aliphatic carbocycles. The first-order valence-corrected chi connectivity index (χ1v) is 5.37. The van der Waals surface area contributed by atoms with Crippen molar-refractivity contribution >= 4 is 16.9 Å². The molecule has 0 radical (unpaired) electrons. The first kappa shape index (κ1) is 11.4. The molecule has 0 bridgehead atoms. The second-order valence-electron chi connectivity index (χ2n) is 4.34. The summed E-state index contributed by atoms with van der Waals surface area (Å²) >= 11 is 0. The number of carboxylic acids is 1. The van der Waals surface area contributed by atoms with E-state index in [4.69, 9.17) is 9.63 Å². The third-order valence-electron chi connectivity index (χ3n) is 2.47. The Kier molecular flexibility index (Phi) is 2.75. The van der Waals surface area contributed by atoms with Gasteiger partial charge in [0.25, 0.3) is 0 Å². The standard InChI is InChI=1S/C12H13NO4/c1-7(2)6-13-9-5-3-4-8(11(14)15)10(9)12(16)17-13/h3-5,7H,6H2,1-2H3,(H,14,15). The van der Waals surface area contributed by atoms with Crippen LogP contribution in [0, 0.1) is 5.92 Å². The molecule has 1 N–H and O–H groups in total. The van der Waals surface area contributed by atoms with Gasteiger partial charge in [-0.2, -0.15) is 0 Å². The highest BCUT2D eigenvalue weighted by molar-refractivity contribution is 6.02. The molecule has 0 atom stereocenters. The summed E-state index contributed by atoms with van der Waals surface area (Å²) in [5.74, 6) is -0.813. The number of carboxylic acid groups (broad SMARTS) is 1. The van der Waals surface area contributed by atoms with E-state index in [9.17, 15) is 9.59 Å². The van der Waals surface area contributed by atoms with E-state index in [1.54, 1.807) is 12.1 Å². The van der Waals surface area contributed by atoms with Crippen molar-refractivity contribution in [1.82, 2.24) is 4.74 Å². The lowest BCUT2D eigenvalue weighted by atomic mass is 10.1. The minimum absolute atomic E-state index is 0.0150. The lowest BCUT2D eigenvalue weighted by Crippen LogP contribution is -2.03. The molecule has 2 aromatic rings. The maximum absolute atomic E-state index is 11.7. The van der Waals surface area contributed by atoms with Crippen molar-refractivity contribution in [3.05, 3.63) is 34.2 Å². The fourth-order valence-corrected chi connectivity index (χ4v) is 1.80. The topological polar surface area (TPSA) is 72.4 Å². The van der Waals surface area contributed by atoms with E-state index >= 15 is 0 Å².